The molecule has 2 rings (SSSR count). The summed E-state index contributed by atoms with van der Waals surface area (Å²) in [5.41, 5.74) is -0.986. The van der Waals surface area contributed by atoms with Gasteiger partial charge in [0.1, 0.15) is 5.69 Å². The summed E-state index contributed by atoms with van der Waals surface area (Å²) in [6.45, 7) is 1.48. The lowest BCUT2D eigenvalue weighted by atomic mass is 9.92. The standard InChI is InChI=1S/C12H16F3N3O2/c13-12(14,15)10-1-3-16-11(18-10)17-5-9(6-19)8-2-4-20-7-8/h1,3,8-9,19H,2,4-7H2,(H,16,17,18). The number of hydrogen-bond donors (Lipinski definition) is 2. The number of aliphatic hydroxyl groups is 1. The first kappa shape index (κ1) is 15.0. The number of anilines is 1. The minimum absolute atomic E-state index is 0.0556. The van der Waals surface area contributed by atoms with Crippen LogP contribution in [-0.4, -0.2) is 41.4 Å². The largest absolute Gasteiger partial charge is 0.433 e. The molecule has 1 aliphatic heterocycles. The highest BCUT2D eigenvalue weighted by atomic mass is 19.4. The van der Waals surface area contributed by atoms with Gasteiger partial charge in [0.15, 0.2) is 0 Å². The average Bonchev–Trinajstić information content (AvgIpc) is 2.93. The summed E-state index contributed by atoms with van der Waals surface area (Å²) >= 11 is 0. The van der Waals surface area contributed by atoms with E-state index in [4.69, 9.17) is 4.74 Å². The molecule has 112 valence electrons. The second kappa shape index (κ2) is 6.36. The van der Waals surface area contributed by atoms with E-state index in [0.717, 1.165) is 18.7 Å². The smallest absolute Gasteiger partial charge is 0.396 e. The second-order valence-electron chi connectivity index (χ2n) is 4.71. The number of ether oxygens (including phenoxy) is 1. The molecular formula is C12H16F3N3O2. The van der Waals surface area contributed by atoms with Gasteiger partial charge < -0.3 is 15.2 Å². The van der Waals surface area contributed by atoms with E-state index >= 15 is 0 Å². The van der Waals surface area contributed by atoms with Crippen molar-refractivity contribution in [2.24, 2.45) is 11.8 Å². The van der Waals surface area contributed by atoms with Crippen molar-refractivity contribution in [1.82, 2.24) is 9.97 Å². The van der Waals surface area contributed by atoms with Crippen molar-refractivity contribution in [2.75, 3.05) is 31.7 Å². The van der Waals surface area contributed by atoms with Crippen molar-refractivity contribution >= 4 is 5.95 Å². The van der Waals surface area contributed by atoms with Gasteiger partial charge in [0.05, 0.1) is 0 Å². The summed E-state index contributed by atoms with van der Waals surface area (Å²) in [6.07, 6.45) is -2.59. The highest BCUT2D eigenvalue weighted by Gasteiger charge is 2.33. The van der Waals surface area contributed by atoms with Gasteiger partial charge in [0, 0.05) is 38.5 Å². The van der Waals surface area contributed by atoms with E-state index in [1.807, 2.05) is 0 Å². The van der Waals surface area contributed by atoms with Crippen molar-refractivity contribution in [3.63, 3.8) is 0 Å². The van der Waals surface area contributed by atoms with Crippen molar-refractivity contribution in [3.05, 3.63) is 18.0 Å². The van der Waals surface area contributed by atoms with Gasteiger partial charge in [-0.15, -0.1) is 0 Å². The third-order valence-corrected chi connectivity index (χ3v) is 3.33. The van der Waals surface area contributed by atoms with Gasteiger partial charge in [0.25, 0.3) is 0 Å². The number of aromatic nitrogens is 2. The fourth-order valence-electron chi connectivity index (χ4n) is 2.13. The Labute approximate surface area is 114 Å². The molecule has 8 heteroatoms. The van der Waals surface area contributed by atoms with E-state index in [0.29, 0.717) is 19.8 Å². The highest BCUT2D eigenvalue weighted by molar-refractivity contribution is 5.26. The highest BCUT2D eigenvalue weighted by Crippen LogP contribution is 2.27. The summed E-state index contributed by atoms with van der Waals surface area (Å²) in [7, 11) is 0. The van der Waals surface area contributed by atoms with Crippen molar-refractivity contribution in [3.8, 4) is 0 Å². The van der Waals surface area contributed by atoms with Crippen LogP contribution in [-0.2, 0) is 10.9 Å². The van der Waals surface area contributed by atoms with Gasteiger partial charge in [0.2, 0.25) is 5.95 Å². The molecule has 1 saturated heterocycles. The van der Waals surface area contributed by atoms with Crippen LogP contribution in [0.5, 0.6) is 0 Å². The minimum Gasteiger partial charge on any atom is -0.396 e. The lowest BCUT2D eigenvalue weighted by molar-refractivity contribution is -0.141. The molecule has 5 nitrogen and oxygen atoms in total. The predicted molar refractivity (Wildman–Crippen MR) is 65.0 cm³/mol. The summed E-state index contributed by atoms with van der Waals surface area (Å²) in [4.78, 5) is 7.17. The molecule has 2 atom stereocenters. The summed E-state index contributed by atoms with van der Waals surface area (Å²) in [5, 5.41) is 12.1. The molecule has 1 aliphatic rings. The number of alkyl halides is 3. The predicted octanol–water partition coefficient (Wildman–Crippen LogP) is 1.55. The maximum atomic E-state index is 12.5. The fraction of sp³-hybridized carbons (Fsp3) is 0.667. The van der Waals surface area contributed by atoms with Crippen LogP contribution in [0.1, 0.15) is 12.1 Å². The molecule has 2 heterocycles. The lowest BCUT2D eigenvalue weighted by Gasteiger charge is -2.20. The molecule has 0 aliphatic carbocycles. The summed E-state index contributed by atoms with van der Waals surface area (Å²) in [6, 6.07) is 0.819. The zero-order valence-electron chi connectivity index (χ0n) is 10.7. The summed E-state index contributed by atoms with van der Waals surface area (Å²) < 4.78 is 42.7. The van der Waals surface area contributed by atoms with Crippen molar-refractivity contribution < 1.29 is 23.0 Å². The third-order valence-electron chi connectivity index (χ3n) is 3.33. The van der Waals surface area contributed by atoms with E-state index in [9.17, 15) is 18.3 Å². The monoisotopic (exact) mass is 291 g/mol. The van der Waals surface area contributed by atoms with Gasteiger partial charge in [-0.1, -0.05) is 0 Å². The van der Waals surface area contributed by atoms with Crippen LogP contribution in [0.3, 0.4) is 0 Å². The molecule has 1 fully saturated rings. The first-order chi connectivity index (χ1) is 9.50. The van der Waals surface area contributed by atoms with Crippen molar-refractivity contribution in [2.45, 2.75) is 12.6 Å². The van der Waals surface area contributed by atoms with Crippen LogP contribution in [0.2, 0.25) is 0 Å². The molecule has 0 bridgehead atoms. The maximum Gasteiger partial charge on any atom is 0.433 e. The van der Waals surface area contributed by atoms with Gasteiger partial charge in [-0.25, -0.2) is 9.97 Å². The molecule has 0 aromatic carbocycles. The SMILES string of the molecule is OCC(CNc1nccc(C(F)(F)F)n1)C1CCOC1. The lowest BCUT2D eigenvalue weighted by Crippen LogP contribution is -2.27. The third kappa shape index (κ3) is 3.80. The summed E-state index contributed by atoms with van der Waals surface area (Å²) in [5.74, 6) is 0.0335. The Kier molecular flexibility index (Phi) is 4.77. The van der Waals surface area contributed by atoms with Gasteiger partial charge in [-0.2, -0.15) is 13.2 Å². The molecule has 20 heavy (non-hydrogen) atoms. The molecule has 2 N–H and O–H groups in total. The quantitative estimate of drug-likeness (QED) is 0.861. The molecule has 0 spiro atoms. The number of nitrogens with zero attached hydrogens (tertiary/aromatic N) is 2. The molecule has 0 saturated carbocycles. The Morgan fingerprint density at radius 3 is 2.90 bits per heavy atom. The number of nitrogens with one attached hydrogen (secondary N) is 1. The molecule has 2 unspecified atom stereocenters. The zero-order chi connectivity index (χ0) is 14.6. The molecular weight excluding hydrogens is 275 g/mol. The number of aliphatic hydroxyl groups excluding tert-OH is 1. The van der Waals surface area contributed by atoms with Crippen LogP contribution in [0.4, 0.5) is 19.1 Å². The Balaban J connectivity index is 1.95. The van der Waals surface area contributed by atoms with Gasteiger partial charge in [-0.05, 0) is 18.4 Å². The second-order valence-corrected chi connectivity index (χ2v) is 4.71. The van der Waals surface area contributed by atoms with Crippen LogP contribution < -0.4 is 5.32 Å². The first-order valence-electron chi connectivity index (χ1n) is 6.33. The van der Waals surface area contributed by atoms with Crippen LogP contribution in [0.15, 0.2) is 12.3 Å². The molecule has 1 aromatic heterocycles. The normalized spacial score (nSPS) is 20.9. The van der Waals surface area contributed by atoms with Gasteiger partial charge in [-0.3, -0.25) is 0 Å². The average molecular weight is 291 g/mol. The van der Waals surface area contributed by atoms with Crippen LogP contribution >= 0.6 is 0 Å². The molecule has 0 amide bonds. The van der Waals surface area contributed by atoms with E-state index in [1.54, 1.807) is 0 Å². The zero-order valence-corrected chi connectivity index (χ0v) is 10.7. The Morgan fingerprint density at radius 1 is 1.50 bits per heavy atom. The van der Waals surface area contributed by atoms with E-state index in [2.05, 4.69) is 15.3 Å². The number of hydrogen-bond acceptors (Lipinski definition) is 5. The van der Waals surface area contributed by atoms with Crippen LogP contribution in [0.25, 0.3) is 0 Å². The molecule has 0 radical (unpaired) electrons. The Morgan fingerprint density at radius 2 is 2.30 bits per heavy atom. The van der Waals surface area contributed by atoms with E-state index < -0.39 is 11.9 Å². The minimum atomic E-state index is -4.49. The van der Waals surface area contributed by atoms with Gasteiger partial charge >= 0.3 is 6.18 Å². The molecule has 1 aromatic rings. The number of halogens is 3. The topological polar surface area (TPSA) is 67.3 Å². The maximum absolute atomic E-state index is 12.5. The Bertz CT molecular complexity index is 436. The number of rotatable bonds is 5. The van der Waals surface area contributed by atoms with Crippen LogP contribution in [0, 0.1) is 11.8 Å². The van der Waals surface area contributed by atoms with Crippen molar-refractivity contribution in [1.29, 1.82) is 0 Å². The van der Waals surface area contributed by atoms with E-state index in [-0.39, 0.29) is 24.4 Å². The fourth-order valence-corrected chi connectivity index (χ4v) is 2.13. The van der Waals surface area contributed by atoms with E-state index in [1.165, 1.54) is 0 Å². The first-order valence-corrected chi connectivity index (χ1v) is 6.33. The Hall–Kier alpha value is -1.41.